The quantitative estimate of drug-likeness (QED) is 0.715. The minimum Gasteiger partial charge on any atom is -0.342 e. The summed E-state index contributed by atoms with van der Waals surface area (Å²) >= 11 is 0. The van der Waals surface area contributed by atoms with Crippen LogP contribution in [0, 0.1) is 17.8 Å². The average molecular weight is 412 g/mol. The molecule has 0 unspecified atom stereocenters. The topological polar surface area (TPSA) is 60.9 Å². The molecule has 2 heterocycles. The lowest BCUT2D eigenvalue weighted by Crippen LogP contribution is -2.48. The number of rotatable bonds is 3. The summed E-state index contributed by atoms with van der Waals surface area (Å²) in [5, 5.41) is 0. The van der Waals surface area contributed by atoms with Gasteiger partial charge in [0.25, 0.3) is 0 Å². The highest BCUT2D eigenvalue weighted by molar-refractivity contribution is 5.78. The van der Waals surface area contributed by atoms with Gasteiger partial charge in [-0.1, -0.05) is 41.5 Å². The van der Waals surface area contributed by atoms with E-state index in [1.54, 1.807) is 6.92 Å². The second kappa shape index (κ2) is 14.5. The largest absolute Gasteiger partial charge is 0.342 e. The number of hydrogen-bond acceptors (Lipinski definition) is 4. The van der Waals surface area contributed by atoms with Gasteiger partial charge in [0.05, 0.1) is 0 Å². The molecule has 29 heavy (non-hydrogen) atoms. The fourth-order valence-corrected chi connectivity index (χ4v) is 2.87. The Balaban J connectivity index is 0.000000430. The molecular formula is C23H45N3O3. The third-order valence-electron chi connectivity index (χ3n) is 5.28. The molecule has 6 nitrogen and oxygen atoms in total. The molecule has 2 saturated heterocycles. The molecule has 2 fully saturated rings. The summed E-state index contributed by atoms with van der Waals surface area (Å²) in [6.07, 6.45) is 3.68. The van der Waals surface area contributed by atoms with Gasteiger partial charge in [-0.05, 0) is 33.2 Å². The molecule has 0 saturated carbocycles. The van der Waals surface area contributed by atoms with Crippen molar-refractivity contribution in [2.45, 2.75) is 67.7 Å². The van der Waals surface area contributed by atoms with Crippen LogP contribution in [0.15, 0.2) is 0 Å². The number of amides is 2. The number of nitrogens with zero attached hydrogens (tertiary/aromatic N) is 3. The SMILES string of the molecule is CC(=O)C(C)C.CC(C)C(=O)N1CCCCC1.CC(C)C(=O)N1CCN(C)CC1. The number of piperidine rings is 1. The van der Waals surface area contributed by atoms with Gasteiger partial charge < -0.3 is 14.7 Å². The summed E-state index contributed by atoms with van der Waals surface area (Å²) in [5.41, 5.74) is 0. The third kappa shape index (κ3) is 12.0. The average Bonchev–Trinajstić information content (AvgIpc) is 2.68. The summed E-state index contributed by atoms with van der Waals surface area (Å²) < 4.78 is 0. The van der Waals surface area contributed by atoms with Crippen molar-refractivity contribution < 1.29 is 14.4 Å². The van der Waals surface area contributed by atoms with Gasteiger partial charge in [0.1, 0.15) is 5.78 Å². The van der Waals surface area contributed by atoms with Crippen LogP contribution < -0.4 is 0 Å². The number of piperazine rings is 1. The maximum Gasteiger partial charge on any atom is 0.225 e. The fraction of sp³-hybridized carbons (Fsp3) is 0.870. The minimum atomic E-state index is 0.147. The molecule has 6 heteroatoms. The van der Waals surface area contributed by atoms with Crippen LogP contribution in [0.25, 0.3) is 0 Å². The van der Waals surface area contributed by atoms with E-state index in [9.17, 15) is 14.4 Å². The van der Waals surface area contributed by atoms with Crippen molar-refractivity contribution in [3.8, 4) is 0 Å². The van der Waals surface area contributed by atoms with Gasteiger partial charge in [0.15, 0.2) is 0 Å². The van der Waals surface area contributed by atoms with Crippen molar-refractivity contribution in [2.75, 3.05) is 46.3 Å². The Kier molecular flexibility index (Phi) is 13.8. The second-order valence-electron chi connectivity index (χ2n) is 9.09. The molecule has 0 bridgehead atoms. The van der Waals surface area contributed by atoms with E-state index in [4.69, 9.17) is 0 Å². The molecule has 170 valence electrons. The highest BCUT2D eigenvalue weighted by Gasteiger charge is 2.20. The first-order chi connectivity index (χ1) is 13.5. The number of hydrogen-bond donors (Lipinski definition) is 0. The van der Waals surface area contributed by atoms with Crippen molar-refractivity contribution in [1.82, 2.24) is 14.7 Å². The molecular weight excluding hydrogens is 366 g/mol. The Labute approximate surface area is 179 Å². The highest BCUT2D eigenvalue weighted by atomic mass is 16.2. The Hall–Kier alpha value is -1.43. The number of Topliss-reactive ketones (excluding diaryl/α,β-unsaturated/α-hetero) is 1. The van der Waals surface area contributed by atoms with E-state index in [1.807, 2.05) is 51.3 Å². The summed E-state index contributed by atoms with van der Waals surface area (Å²) in [6, 6.07) is 0. The van der Waals surface area contributed by atoms with Crippen molar-refractivity contribution in [3.05, 3.63) is 0 Å². The molecule has 0 N–H and O–H groups in total. The monoisotopic (exact) mass is 411 g/mol. The Morgan fingerprint density at radius 3 is 1.24 bits per heavy atom. The number of ketones is 1. The zero-order chi connectivity index (χ0) is 22.6. The smallest absolute Gasteiger partial charge is 0.225 e. The Morgan fingerprint density at radius 2 is 0.931 bits per heavy atom. The van der Waals surface area contributed by atoms with E-state index < -0.39 is 0 Å². The van der Waals surface area contributed by atoms with Crippen molar-refractivity contribution in [1.29, 1.82) is 0 Å². The van der Waals surface area contributed by atoms with Crippen LogP contribution in [-0.4, -0.2) is 78.6 Å². The van der Waals surface area contributed by atoms with Gasteiger partial charge in [-0.3, -0.25) is 14.4 Å². The van der Waals surface area contributed by atoms with Crippen LogP contribution in [0.5, 0.6) is 0 Å². The zero-order valence-corrected chi connectivity index (χ0v) is 20.2. The van der Waals surface area contributed by atoms with Crippen molar-refractivity contribution in [2.24, 2.45) is 17.8 Å². The van der Waals surface area contributed by atoms with Gasteiger partial charge in [0, 0.05) is 57.0 Å². The standard InChI is InChI=1S/C9H18N2O.C9H17NO.C5H10O/c1-8(2)9(12)11-6-4-10(3)5-7-11;1-8(2)9(11)10-6-4-3-5-7-10;1-4(2)5(3)6/h8H,4-7H2,1-3H3;8H,3-7H2,1-2H3;4H,1-3H3. The maximum absolute atomic E-state index is 11.5. The lowest BCUT2D eigenvalue weighted by Gasteiger charge is -2.33. The van der Waals surface area contributed by atoms with Crippen LogP contribution in [0.1, 0.15) is 67.7 Å². The van der Waals surface area contributed by atoms with Crippen LogP contribution in [0.4, 0.5) is 0 Å². The summed E-state index contributed by atoms with van der Waals surface area (Å²) in [5.74, 6) is 1.41. The number of likely N-dealkylation sites (tertiary alicyclic amines) is 1. The van der Waals surface area contributed by atoms with Gasteiger partial charge in [0.2, 0.25) is 11.8 Å². The van der Waals surface area contributed by atoms with E-state index in [0.717, 1.165) is 39.3 Å². The number of likely N-dealkylation sites (N-methyl/N-ethyl adjacent to an activating group) is 1. The van der Waals surface area contributed by atoms with Crippen LogP contribution in [-0.2, 0) is 14.4 Å². The first kappa shape index (κ1) is 27.6. The number of carbonyl (C=O) groups excluding carboxylic acids is 3. The maximum atomic E-state index is 11.5. The first-order valence-corrected chi connectivity index (χ1v) is 11.2. The van der Waals surface area contributed by atoms with E-state index >= 15 is 0 Å². The molecule has 0 aromatic rings. The zero-order valence-electron chi connectivity index (χ0n) is 20.2. The fourth-order valence-electron chi connectivity index (χ4n) is 2.87. The van der Waals surface area contributed by atoms with Gasteiger partial charge in [-0.2, -0.15) is 0 Å². The molecule has 0 spiro atoms. The third-order valence-corrected chi connectivity index (χ3v) is 5.28. The molecule has 0 aliphatic carbocycles. The predicted molar refractivity (Wildman–Crippen MR) is 120 cm³/mol. The Bertz CT molecular complexity index is 490. The van der Waals surface area contributed by atoms with Crippen molar-refractivity contribution in [3.63, 3.8) is 0 Å². The minimum absolute atomic E-state index is 0.147. The van der Waals surface area contributed by atoms with E-state index in [2.05, 4.69) is 11.9 Å². The summed E-state index contributed by atoms with van der Waals surface area (Å²) in [7, 11) is 2.09. The number of carbonyl (C=O) groups is 3. The summed E-state index contributed by atoms with van der Waals surface area (Å²) in [4.78, 5) is 39.3. The van der Waals surface area contributed by atoms with E-state index in [-0.39, 0.29) is 23.5 Å². The molecule has 0 radical (unpaired) electrons. The lowest BCUT2D eigenvalue weighted by molar-refractivity contribution is -0.136. The Morgan fingerprint density at radius 1 is 0.586 bits per heavy atom. The molecule has 2 amide bonds. The molecule has 2 aliphatic heterocycles. The predicted octanol–water partition coefficient (Wildman–Crippen LogP) is 3.30. The first-order valence-electron chi connectivity index (χ1n) is 11.2. The van der Waals surface area contributed by atoms with Crippen LogP contribution >= 0.6 is 0 Å². The molecule has 2 rings (SSSR count). The van der Waals surface area contributed by atoms with Gasteiger partial charge in [-0.15, -0.1) is 0 Å². The van der Waals surface area contributed by atoms with Crippen LogP contribution in [0.2, 0.25) is 0 Å². The van der Waals surface area contributed by atoms with Gasteiger partial charge in [-0.25, -0.2) is 0 Å². The molecule has 0 aromatic heterocycles. The summed E-state index contributed by atoms with van der Waals surface area (Å²) in [6.45, 7) is 19.0. The molecule has 0 atom stereocenters. The van der Waals surface area contributed by atoms with E-state index in [1.165, 1.54) is 19.3 Å². The van der Waals surface area contributed by atoms with Crippen LogP contribution in [0.3, 0.4) is 0 Å². The highest BCUT2D eigenvalue weighted by Crippen LogP contribution is 2.11. The van der Waals surface area contributed by atoms with Gasteiger partial charge >= 0.3 is 0 Å². The molecule has 2 aliphatic rings. The normalized spacial score (nSPS) is 17.5. The van der Waals surface area contributed by atoms with Crippen molar-refractivity contribution >= 4 is 17.6 Å². The lowest BCUT2D eigenvalue weighted by atomic mass is 10.1. The molecule has 0 aromatic carbocycles. The van der Waals surface area contributed by atoms with E-state index in [0.29, 0.717) is 11.8 Å². The second-order valence-corrected chi connectivity index (χ2v) is 9.09.